The average Bonchev–Trinajstić information content (AvgIpc) is 3.47. The van der Waals surface area contributed by atoms with Crippen molar-refractivity contribution in [2.75, 3.05) is 13.2 Å². The van der Waals surface area contributed by atoms with Gasteiger partial charge in [-0.25, -0.2) is 0 Å². The molecule has 0 aromatic heterocycles. The smallest absolute Gasteiger partial charge is 0.306 e. The number of carbonyl (C=O) groups excluding carboxylic acids is 3. The predicted octanol–water partition coefficient (Wildman–Crippen LogP) is 23.6. The zero-order valence-electron chi connectivity index (χ0n) is 53.0. The molecule has 0 N–H and O–H groups in total. The minimum atomic E-state index is -0.798. The van der Waals surface area contributed by atoms with Crippen LogP contribution in [0.1, 0.15) is 316 Å². The first-order chi connectivity index (χ1) is 40.0. The largest absolute Gasteiger partial charge is 0.462 e. The summed E-state index contributed by atoms with van der Waals surface area (Å²) in [5.41, 5.74) is 0. The van der Waals surface area contributed by atoms with Gasteiger partial charge in [0.25, 0.3) is 0 Å². The van der Waals surface area contributed by atoms with Gasteiger partial charge < -0.3 is 14.2 Å². The van der Waals surface area contributed by atoms with E-state index < -0.39 is 6.10 Å². The van der Waals surface area contributed by atoms with Crippen LogP contribution in [0.2, 0.25) is 0 Å². The maximum Gasteiger partial charge on any atom is 0.306 e. The quantitative estimate of drug-likeness (QED) is 0.0261. The molecule has 6 heteroatoms. The Morgan fingerprint density at radius 1 is 0.259 bits per heavy atom. The molecule has 0 fully saturated rings. The molecule has 0 saturated carbocycles. The topological polar surface area (TPSA) is 78.9 Å². The van der Waals surface area contributed by atoms with E-state index in [1.165, 1.54) is 141 Å². The van der Waals surface area contributed by atoms with E-state index in [4.69, 9.17) is 14.2 Å². The Hall–Kier alpha value is -4.19. The van der Waals surface area contributed by atoms with Crippen molar-refractivity contribution < 1.29 is 28.6 Å². The highest BCUT2D eigenvalue weighted by Gasteiger charge is 2.19. The SMILES string of the molecule is CC/C=C\C/C=C\C/C=C\C/C=C\CCCCCCCCCCC(=O)OC(COC(=O)CCCCCC/C=C\C/C=C\C/C=C\C/C=C\CC)COC(=O)CCCCCCCCCCCCCCC/C=C\C/C=C\CCCCCCC. The fourth-order valence-electron chi connectivity index (χ4n) is 9.40. The fourth-order valence-corrected chi connectivity index (χ4v) is 9.40. The van der Waals surface area contributed by atoms with E-state index >= 15 is 0 Å². The van der Waals surface area contributed by atoms with Crippen LogP contribution in [0.5, 0.6) is 0 Å². The number of allylic oxidation sites excluding steroid dienone is 20. The number of rotatable bonds is 61. The molecule has 462 valence electrons. The van der Waals surface area contributed by atoms with Gasteiger partial charge >= 0.3 is 17.9 Å². The summed E-state index contributed by atoms with van der Waals surface area (Å²) in [6, 6.07) is 0. The molecule has 0 aliphatic heterocycles. The van der Waals surface area contributed by atoms with E-state index in [0.29, 0.717) is 19.3 Å². The molecule has 0 aromatic rings. The van der Waals surface area contributed by atoms with Crippen molar-refractivity contribution in [1.29, 1.82) is 0 Å². The standard InChI is InChI=1S/C75H126O6/c1-4-7-10-13-16-19-22-25-28-31-33-35-36-37-38-40-41-44-47-50-53-56-59-62-65-68-74(77)80-71-72(70-79-73(76)67-64-61-58-55-52-49-46-43-30-27-24-21-18-15-12-9-6-3)81-75(78)69-66-63-60-57-54-51-48-45-42-39-34-32-29-26-23-20-17-14-11-8-5-2/h8-9,11-12,17-18,20-22,25-27,29-31,33-34,39,46,49,72H,4-7,10,13-16,19,23-24,28,32,35-38,40-45,47-48,50-71H2,1-3H3/b11-8-,12-9-,20-17-,21-18-,25-22-,29-26-,30-27-,33-31-,39-34-,49-46-. The van der Waals surface area contributed by atoms with Gasteiger partial charge in [0.05, 0.1) is 0 Å². The lowest BCUT2D eigenvalue weighted by Crippen LogP contribution is -2.30. The molecular weight excluding hydrogens is 997 g/mol. The van der Waals surface area contributed by atoms with Gasteiger partial charge in [-0.15, -0.1) is 0 Å². The van der Waals surface area contributed by atoms with Crippen LogP contribution in [0.15, 0.2) is 122 Å². The normalized spacial score (nSPS) is 12.9. The molecule has 1 unspecified atom stereocenters. The van der Waals surface area contributed by atoms with Gasteiger partial charge in [0.1, 0.15) is 13.2 Å². The van der Waals surface area contributed by atoms with Gasteiger partial charge in [-0.05, 0) is 128 Å². The first kappa shape index (κ1) is 76.8. The summed E-state index contributed by atoms with van der Waals surface area (Å²) in [4.78, 5) is 38.4. The lowest BCUT2D eigenvalue weighted by molar-refractivity contribution is -0.167. The number of ether oxygens (including phenoxy) is 3. The minimum absolute atomic E-state index is 0.0910. The van der Waals surface area contributed by atoms with E-state index in [2.05, 4.69) is 142 Å². The molecule has 0 amide bonds. The van der Waals surface area contributed by atoms with Crippen LogP contribution >= 0.6 is 0 Å². The maximum atomic E-state index is 13.0. The van der Waals surface area contributed by atoms with Gasteiger partial charge in [0, 0.05) is 19.3 Å². The zero-order chi connectivity index (χ0) is 58.5. The first-order valence-electron chi connectivity index (χ1n) is 34.0. The van der Waals surface area contributed by atoms with Gasteiger partial charge in [-0.3, -0.25) is 14.4 Å². The highest BCUT2D eigenvalue weighted by atomic mass is 16.6. The zero-order valence-corrected chi connectivity index (χ0v) is 53.0. The van der Waals surface area contributed by atoms with Crippen molar-refractivity contribution >= 4 is 17.9 Å². The monoisotopic (exact) mass is 1120 g/mol. The molecule has 0 aliphatic carbocycles. The molecule has 81 heavy (non-hydrogen) atoms. The molecule has 0 spiro atoms. The Balaban J connectivity index is 4.40. The molecule has 0 radical (unpaired) electrons. The Morgan fingerprint density at radius 2 is 0.481 bits per heavy atom. The summed E-state index contributed by atoms with van der Waals surface area (Å²) in [5, 5.41) is 0. The van der Waals surface area contributed by atoms with Gasteiger partial charge in [-0.2, -0.15) is 0 Å². The summed E-state index contributed by atoms with van der Waals surface area (Å²) >= 11 is 0. The third-order valence-corrected chi connectivity index (χ3v) is 14.4. The van der Waals surface area contributed by atoms with E-state index in [1.54, 1.807) is 0 Å². The first-order valence-corrected chi connectivity index (χ1v) is 34.0. The molecule has 0 aliphatic rings. The van der Waals surface area contributed by atoms with Gasteiger partial charge in [0.15, 0.2) is 6.10 Å². The molecule has 6 nitrogen and oxygen atoms in total. The third-order valence-electron chi connectivity index (χ3n) is 14.4. The summed E-state index contributed by atoms with van der Waals surface area (Å²) < 4.78 is 17.0. The van der Waals surface area contributed by atoms with Crippen LogP contribution in [-0.4, -0.2) is 37.2 Å². The Bertz CT molecular complexity index is 1670. The van der Waals surface area contributed by atoms with Crippen LogP contribution in [-0.2, 0) is 28.6 Å². The molecule has 0 bridgehead atoms. The Labute approximate surface area is 501 Å². The Kier molecular flexibility index (Phi) is 64.8. The maximum absolute atomic E-state index is 13.0. The van der Waals surface area contributed by atoms with Crippen molar-refractivity contribution in [2.45, 2.75) is 322 Å². The van der Waals surface area contributed by atoms with E-state index in [-0.39, 0.29) is 31.1 Å². The van der Waals surface area contributed by atoms with E-state index in [9.17, 15) is 14.4 Å². The highest BCUT2D eigenvalue weighted by Crippen LogP contribution is 2.16. The molecule has 0 heterocycles. The summed E-state index contributed by atoms with van der Waals surface area (Å²) in [6.07, 6.45) is 94.9. The summed E-state index contributed by atoms with van der Waals surface area (Å²) in [6.45, 7) is 6.40. The van der Waals surface area contributed by atoms with Crippen LogP contribution in [0.25, 0.3) is 0 Å². The van der Waals surface area contributed by atoms with Crippen LogP contribution < -0.4 is 0 Å². The molecule has 0 rings (SSSR count). The van der Waals surface area contributed by atoms with Crippen LogP contribution in [0.3, 0.4) is 0 Å². The predicted molar refractivity (Wildman–Crippen MR) is 353 cm³/mol. The lowest BCUT2D eigenvalue weighted by atomic mass is 10.0. The fraction of sp³-hybridized carbons (Fsp3) is 0.693. The van der Waals surface area contributed by atoms with Crippen molar-refractivity contribution in [3.63, 3.8) is 0 Å². The van der Waals surface area contributed by atoms with Crippen molar-refractivity contribution in [2.24, 2.45) is 0 Å². The molecular formula is C75H126O6. The van der Waals surface area contributed by atoms with Crippen molar-refractivity contribution in [3.05, 3.63) is 122 Å². The van der Waals surface area contributed by atoms with Gasteiger partial charge in [-0.1, -0.05) is 290 Å². The summed E-state index contributed by atoms with van der Waals surface area (Å²) in [7, 11) is 0. The average molecular weight is 1120 g/mol. The number of carbonyl (C=O) groups is 3. The van der Waals surface area contributed by atoms with E-state index in [0.717, 1.165) is 135 Å². The molecule has 1 atom stereocenters. The number of hydrogen-bond acceptors (Lipinski definition) is 6. The number of esters is 3. The lowest BCUT2D eigenvalue weighted by Gasteiger charge is -2.18. The number of unbranched alkanes of at least 4 members (excludes halogenated alkanes) is 30. The second kappa shape index (κ2) is 68.3. The second-order valence-electron chi connectivity index (χ2n) is 22.3. The van der Waals surface area contributed by atoms with Crippen LogP contribution in [0.4, 0.5) is 0 Å². The highest BCUT2D eigenvalue weighted by molar-refractivity contribution is 5.71. The minimum Gasteiger partial charge on any atom is -0.462 e. The number of hydrogen-bond donors (Lipinski definition) is 0. The molecule has 0 aromatic carbocycles. The van der Waals surface area contributed by atoms with E-state index in [1.807, 2.05) is 0 Å². The van der Waals surface area contributed by atoms with Crippen molar-refractivity contribution in [3.8, 4) is 0 Å². The molecule has 0 saturated heterocycles. The second-order valence-corrected chi connectivity index (χ2v) is 22.3. The Morgan fingerprint density at radius 3 is 0.753 bits per heavy atom. The third kappa shape index (κ3) is 66.5. The summed E-state index contributed by atoms with van der Waals surface area (Å²) in [5.74, 6) is -0.916. The van der Waals surface area contributed by atoms with Crippen molar-refractivity contribution in [1.82, 2.24) is 0 Å². The van der Waals surface area contributed by atoms with Gasteiger partial charge in [0.2, 0.25) is 0 Å². The van der Waals surface area contributed by atoms with Crippen LogP contribution in [0, 0.1) is 0 Å².